The van der Waals surface area contributed by atoms with Gasteiger partial charge in [-0.15, -0.1) is 0 Å². The fourth-order valence-electron chi connectivity index (χ4n) is 5.59. The van der Waals surface area contributed by atoms with Crippen LogP contribution in [0.15, 0.2) is 46.9 Å². The molecule has 2 heterocycles. The molecule has 43 heavy (non-hydrogen) atoms. The molecule has 0 radical (unpaired) electrons. The average molecular weight is 613 g/mol. The normalized spacial score (nSPS) is 16.5. The van der Waals surface area contributed by atoms with E-state index in [2.05, 4.69) is 26.1 Å². The number of anilines is 1. The Morgan fingerprint density at radius 2 is 1.81 bits per heavy atom. The minimum absolute atomic E-state index is 0.102. The van der Waals surface area contributed by atoms with Crippen molar-refractivity contribution in [2.24, 2.45) is 5.92 Å². The minimum atomic E-state index is -2.95. The lowest BCUT2D eigenvalue weighted by Crippen LogP contribution is -2.30. The molecule has 0 saturated carbocycles. The van der Waals surface area contributed by atoms with E-state index in [4.69, 9.17) is 14.3 Å². The van der Waals surface area contributed by atoms with Crippen LogP contribution in [0, 0.1) is 12.8 Å². The van der Waals surface area contributed by atoms with E-state index in [0.29, 0.717) is 24.2 Å². The van der Waals surface area contributed by atoms with E-state index in [-0.39, 0.29) is 48.4 Å². The summed E-state index contributed by atoms with van der Waals surface area (Å²) in [6, 6.07) is 12.9. The summed E-state index contributed by atoms with van der Waals surface area (Å²) in [6.45, 7) is 6.62. The number of amides is 1. The van der Waals surface area contributed by atoms with Crippen molar-refractivity contribution in [3.63, 3.8) is 0 Å². The Balaban J connectivity index is 1.55. The van der Waals surface area contributed by atoms with Gasteiger partial charge < -0.3 is 24.5 Å². The van der Waals surface area contributed by atoms with E-state index < -0.39 is 15.8 Å². The summed E-state index contributed by atoms with van der Waals surface area (Å²) in [5, 5.41) is 13.6. The van der Waals surface area contributed by atoms with Gasteiger partial charge in [0.05, 0.1) is 24.0 Å². The van der Waals surface area contributed by atoms with Crippen molar-refractivity contribution in [1.29, 1.82) is 0 Å². The zero-order chi connectivity index (χ0) is 31.1. The lowest BCUT2D eigenvalue weighted by Gasteiger charge is -2.26. The number of hydrogen-bond donors (Lipinski definition) is 2. The van der Waals surface area contributed by atoms with Crippen LogP contribution in [0.5, 0.6) is 5.75 Å². The van der Waals surface area contributed by atoms with Crippen LogP contribution in [-0.2, 0) is 14.6 Å². The van der Waals surface area contributed by atoms with Crippen molar-refractivity contribution in [3.8, 4) is 5.75 Å². The number of carboxylic acid groups (broad SMARTS) is 1. The van der Waals surface area contributed by atoms with Crippen molar-refractivity contribution >= 4 is 38.4 Å². The smallest absolute Gasteiger partial charge is 0.305 e. The largest absolute Gasteiger partial charge is 0.490 e. The Bertz CT molecular complexity index is 1500. The number of fused-ring (bicyclic) bond motifs is 1. The number of hydrogen-bond acceptors (Lipinski definition) is 7. The van der Waals surface area contributed by atoms with E-state index in [9.17, 15) is 18.0 Å². The number of carbonyl (C=O) groups excluding carboxylic acids is 1. The quantitative estimate of drug-likeness (QED) is 0.195. The van der Waals surface area contributed by atoms with Gasteiger partial charge in [-0.1, -0.05) is 33.1 Å². The molecule has 1 fully saturated rings. The number of nitrogens with zero attached hydrogens (tertiary/aromatic N) is 1. The molecule has 2 atom stereocenters. The summed E-state index contributed by atoms with van der Waals surface area (Å²) in [5.41, 5.74) is 3.14. The molecule has 1 aromatic heterocycles. The number of ether oxygens (including phenoxy) is 1. The van der Waals surface area contributed by atoms with E-state index >= 15 is 0 Å². The van der Waals surface area contributed by atoms with Crippen LogP contribution in [-0.4, -0.2) is 61.5 Å². The Labute approximate surface area is 254 Å². The molecule has 0 bridgehead atoms. The molecule has 234 valence electrons. The summed E-state index contributed by atoms with van der Waals surface area (Å²) in [7, 11) is -1.35. The highest BCUT2D eigenvalue weighted by Gasteiger charge is 2.28. The van der Waals surface area contributed by atoms with Gasteiger partial charge in [0.2, 0.25) is 0 Å². The number of carbonyl (C=O) groups is 2. The van der Waals surface area contributed by atoms with Gasteiger partial charge in [-0.3, -0.25) is 9.59 Å². The minimum Gasteiger partial charge on any atom is -0.490 e. The molecular weight excluding hydrogens is 568 g/mol. The van der Waals surface area contributed by atoms with Gasteiger partial charge in [0.1, 0.15) is 23.2 Å². The van der Waals surface area contributed by atoms with Gasteiger partial charge in [0.25, 0.3) is 5.91 Å². The fraction of sp³-hybridized carbons (Fsp3) is 0.515. The first-order valence-corrected chi connectivity index (χ1v) is 17.0. The van der Waals surface area contributed by atoms with Crippen LogP contribution in [0.4, 0.5) is 5.69 Å². The molecule has 9 nitrogen and oxygen atoms in total. The number of benzene rings is 2. The Kier molecular flexibility index (Phi) is 10.8. The van der Waals surface area contributed by atoms with Gasteiger partial charge in [-0.2, -0.15) is 0 Å². The summed E-state index contributed by atoms with van der Waals surface area (Å²) in [4.78, 5) is 25.1. The maximum absolute atomic E-state index is 12.8. The second-order valence-electron chi connectivity index (χ2n) is 11.8. The third-order valence-electron chi connectivity index (χ3n) is 8.33. The van der Waals surface area contributed by atoms with Crippen LogP contribution >= 0.6 is 0 Å². The molecule has 2 N–H and O–H groups in total. The van der Waals surface area contributed by atoms with Crippen molar-refractivity contribution < 1.29 is 32.3 Å². The Morgan fingerprint density at radius 3 is 2.47 bits per heavy atom. The maximum Gasteiger partial charge on any atom is 0.305 e. The molecule has 1 aliphatic rings. The lowest BCUT2D eigenvalue weighted by atomic mass is 9.91. The second kappa shape index (κ2) is 14.3. The third-order valence-corrected chi connectivity index (χ3v) is 10.0. The van der Waals surface area contributed by atoms with E-state index in [1.54, 1.807) is 19.2 Å². The van der Waals surface area contributed by atoms with Crippen LogP contribution in [0.2, 0.25) is 0 Å². The van der Waals surface area contributed by atoms with Gasteiger partial charge in [0.15, 0.2) is 9.84 Å². The highest BCUT2D eigenvalue weighted by atomic mass is 32.2. The predicted octanol–water partition coefficient (Wildman–Crippen LogP) is 6.61. The summed E-state index contributed by atoms with van der Waals surface area (Å²) < 4.78 is 36.3. The Hall–Kier alpha value is -3.53. The highest BCUT2D eigenvalue weighted by molar-refractivity contribution is 7.91. The predicted molar refractivity (Wildman–Crippen MR) is 169 cm³/mol. The van der Waals surface area contributed by atoms with Gasteiger partial charge in [0, 0.05) is 35.8 Å². The third kappa shape index (κ3) is 8.53. The summed E-state index contributed by atoms with van der Waals surface area (Å²) in [6.07, 6.45) is 5.21. The zero-order valence-corrected chi connectivity index (χ0v) is 26.4. The first-order chi connectivity index (χ1) is 20.5. The standard InChI is InChI=1S/C33H44N2O7S/c1-5-6-7-8-22(2)31(34-25-11-9-24(10-12-25)33(38)35(4)18-15-30(36)37)32-23(3)28-21-27(13-14-29(28)42-32)41-26-16-19-43(39,40)20-17-26/h9-14,21-22,26,31,34H,5-8,15-20H2,1-4H3,(H,36,37). The average Bonchev–Trinajstić information content (AvgIpc) is 3.30. The fourth-order valence-corrected chi connectivity index (χ4v) is 7.04. The number of aryl methyl sites for hydroxylation is 1. The molecular formula is C33H44N2O7S. The van der Waals surface area contributed by atoms with Crippen LogP contribution in [0.1, 0.15) is 86.5 Å². The van der Waals surface area contributed by atoms with E-state index in [0.717, 1.165) is 53.7 Å². The second-order valence-corrected chi connectivity index (χ2v) is 14.1. The molecule has 10 heteroatoms. The number of rotatable bonds is 14. The molecule has 1 amide bonds. The van der Waals surface area contributed by atoms with Crippen LogP contribution < -0.4 is 10.1 Å². The molecule has 0 spiro atoms. The van der Waals surface area contributed by atoms with E-state index in [1.165, 1.54) is 4.90 Å². The number of aliphatic carboxylic acids is 1. The summed E-state index contributed by atoms with van der Waals surface area (Å²) >= 11 is 0. The van der Waals surface area contributed by atoms with Crippen LogP contribution in [0.3, 0.4) is 0 Å². The first kappa shape index (κ1) is 32.4. The van der Waals surface area contributed by atoms with E-state index in [1.807, 2.05) is 30.3 Å². The molecule has 2 unspecified atom stereocenters. The molecule has 4 rings (SSSR count). The van der Waals surface area contributed by atoms with Crippen molar-refractivity contribution in [3.05, 3.63) is 59.4 Å². The monoisotopic (exact) mass is 612 g/mol. The number of sulfone groups is 1. The molecule has 1 aliphatic heterocycles. The maximum atomic E-state index is 12.8. The number of nitrogens with one attached hydrogen (secondary N) is 1. The SMILES string of the molecule is CCCCCC(C)C(Nc1ccc(C(=O)N(C)CCC(=O)O)cc1)c1oc2ccc(OC3CCS(=O)(=O)CC3)cc2c1C. The number of unbranched alkanes of at least 4 members (excludes halogenated alkanes) is 2. The molecule has 0 aliphatic carbocycles. The zero-order valence-electron chi connectivity index (χ0n) is 25.6. The van der Waals surface area contributed by atoms with Gasteiger partial charge in [-0.25, -0.2) is 8.42 Å². The first-order valence-electron chi connectivity index (χ1n) is 15.2. The van der Waals surface area contributed by atoms with Gasteiger partial charge >= 0.3 is 5.97 Å². The summed E-state index contributed by atoms with van der Waals surface area (Å²) in [5.74, 6) is 0.982. The number of carboxylic acids is 1. The Morgan fingerprint density at radius 1 is 1.12 bits per heavy atom. The van der Waals surface area contributed by atoms with Crippen molar-refractivity contribution in [2.45, 2.75) is 77.9 Å². The molecule has 3 aromatic rings. The topological polar surface area (TPSA) is 126 Å². The van der Waals surface area contributed by atoms with Crippen molar-refractivity contribution in [1.82, 2.24) is 4.90 Å². The van der Waals surface area contributed by atoms with Crippen LogP contribution in [0.25, 0.3) is 11.0 Å². The molecule has 1 saturated heterocycles. The number of furan rings is 1. The molecule has 2 aromatic carbocycles. The van der Waals surface area contributed by atoms with Gasteiger partial charge in [-0.05, 0) is 74.6 Å². The lowest BCUT2D eigenvalue weighted by molar-refractivity contribution is -0.137. The highest BCUT2D eigenvalue weighted by Crippen LogP contribution is 2.38. The van der Waals surface area contributed by atoms with Crippen molar-refractivity contribution in [2.75, 3.05) is 30.4 Å².